The summed E-state index contributed by atoms with van der Waals surface area (Å²) in [5, 5.41) is 9.74. The van der Waals surface area contributed by atoms with Crippen LogP contribution in [0.4, 0.5) is 0 Å². The van der Waals surface area contributed by atoms with Gasteiger partial charge in [-0.2, -0.15) is 0 Å². The quantitative estimate of drug-likeness (QED) is 0.802. The largest absolute Gasteiger partial charge is 0.478 e. The normalized spacial score (nSPS) is 11.0. The van der Waals surface area contributed by atoms with Crippen molar-refractivity contribution in [2.24, 2.45) is 0 Å². The van der Waals surface area contributed by atoms with Crippen LogP contribution in [-0.2, 0) is 6.54 Å². The summed E-state index contributed by atoms with van der Waals surface area (Å²) in [6.45, 7) is 1.69. The summed E-state index contributed by atoms with van der Waals surface area (Å²) in [6.07, 6.45) is 1.32. The second kappa shape index (κ2) is 5.31. The molecule has 0 atom stereocenters. The molecule has 0 saturated carbocycles. The van der Waals surface area contributed by atoms with Crippen LogP contribution >= 0.6 is 11.6 Å². The maximum Gasteiger partial charge on any atom is 0.340 e. The van der Waals surface area contributed by atoms with Crippen LogP contribution in [0.1, 0.15) is 21.7 Å². The Bertz CT molecular complexity index is 942. The molecule has 0 aliphatic carbocycles. The maximum atomic E-state index is 12.5. The van der Waals surface area contributed by atoms with E-state index in [1.165, 1.54) is 17.8 Å². The Hall–Kier alpha value is -2.60. The summed E-state index contributed by atoms with van der Waals surface area (Å²) in [5.74, 6) is -1.06. The van der Waals surface area contributed by atoms with Crippen molar-refractivity contribution in [2.45, 2.75) is 13.5 Å². The van der Waals surface area contributed by atoms with Gasteiger partial charge in [-0.25, -0.2) is 9.78 Å². The van der Waals surface area contributed by atoms with Crippen molar-refractivity contribution in [1.29, 1.82) is 0 Å². The topological polar surface area (TPSA) is 85.3 Å². The number of benzene rings is 1. The predicted molar refractivity (Wildman–Crippen MR) is 80.5 cm³/mol. The average molecular weight is 319 g/mol. The summed E-state index contributed by atoms with van der Waals surface area (Å²) < 4.78 is 6.55. The number of aryl methyl sites for hydroxylation is 1. The van der Waals surface area contributed by atoms with E-state index in [9.17, 15) is 14.7 Å². The van der Waals surface area contributed by atoms with E-state index in [0.29, 0.717) is 5.02 Å². The van der Waals surface area contributed by atoms with Gasteiger partial charge in [-0.3, -0.25) is 9.36 Å². The molecule has 3 rings (SSSR count). The zero-order valence-electron chi connectivity index (χ0n) is 11.5. The first-order valence-corrected chi connectivity index (χ1v) is 6.82. The van der Waals surface area contributed by atoms with Crippen LogP contribution in [0.5, 0.6) is 0 Å². The molecule has 0 aliphatic heterocycles. The van der Waals surface area contributed by atoms with Crippen molar-refractivity contribution in [3.63, 3.8) is 0 Å². The molecule has 6 nitrogen and oxygen atoms in total. The number of furan rings is 1. The van der Waals surface area contributed by atoms with Gasteiger partial charge in [0.05, 0.1) is 6.54 Å². The molecule has 22 heavy (non-hydrogen) atoms. The molecule has 0 saturated heterocycles. The van der Waals surface area contributed by atoms with Gasteiger partial charge in [0.15, 0.2) is 0 Å². The Kier molecular flexibility index (Phi) is 3.46. The van der Waals surface area contributed by atoms with Crippen LogP contribution in [0.25, 0.3) is 11.1 Å². The number of carboxylic acid groups (broad SMARTS) is 1. The molecular formula is C15H11ClN2O4. The molecular weight excluding hydrogens is 308 g/mol. The number of carbonyl (C=O) groups is 1. The molecule has 112 valence electrons. The lowest BCUT2D eigenvalue weighted by Gasteiger charge is -2.06. The van der Waals surface area contributed by atoms with E-state index < -0.39 is 11.5 Å². The van der Waals surface area contributed by atoms with Crippen molar-refractivity contribution < 1.29 is 14.3 Å². The highest BCUT2D eigenvalue weighted by Crippen LogP contribution is 2.21. The summed E-state index contributed by atoms with van der Waals surface area (Å²) in [4.78, 5) is 27.9. The predicted octanol–water partition coefficient (Wildman–Crippen LogP) is 2.70. The third-order valence-corrected chi connectivity index (χ3v) is 3.74. The average Bonchev–Trinajstić information content (AvgIpc) is 2.81. The summed E-state index contributed by atoms with van der Waals surface area (Å²) in [6, 6.07) is 7.11. The fourth-order valence-electron chi connectivity index (χ4n) is 2.32. The van der Waals surface area contributed by atoms with Gasteiger partial charge < -0.3 is 9.52 Å². The lowest BCUT2D eigenvalue weighted by atomic mass is 10.2. The van der Waals surface area contributed by atoms with Gasteiger partial charge in [0.2, 0.25) is 5.71 Å². The molecule has 7 heteroatoms. The van der Waals surface area contributed by atoms with Crippen LogP contribution in [-0.4, -0.2) is 20.6 Å². The minimum absolute atomic E-state index is 0.0234. The van der Waals surface area contributed by atoms with Crippen molar-refractivity contribution in [3.05, 3.63) is 62.9 Å². The van der Waals surface area contributed by atoms with E-state index in [4.69, 9.17) is 16.0 Å². The molecule has 3 aromatic rings. The summed E-state index contributed by atoms with van der Waals surface area (Å²) >= 11 is 6.08. The number of nitrogens with zero attached hydrogens (tertiary/aromatic N) is 2. The molecule has 0 amide bonds. The first-order chi connectivity index (χ1) is 10.5. The first-order valence-electron chi connectivity index (χ1n) is 6.44. The fourth-order valence-corrected chi connectivity index (χ4v) is 2.51. The Balaban J connectivity index is 2.19. The van der Waals surface area contributed by atoms with Crippen LogP contribution in [0.2, 0.25) is 5.02 Å². The molecule has 0 aliphatic rings. The van der Waals surface area contributed by atoms with Crippen LogP contribution < -0.4 is 5.56 Å². The molecule has 1 aromatic carbocycles. The Labute approximate surface area is 129 Å². The third kappa shape index (κ3) is 2.27. The fraction of sp³-hybridized carbons (Fsp3) is 0.133. The lowest BCUT2D eigenvalue weighted by molar-refractivity contribution is 0.0697. The number of aromatic carboxylic acids is 1. The van der Waals surface area contributed by atoms with Gasteiger partial charge >= 0.3 is 5.97 Å². The van der Waals surface area contributed by atoms with Gasteiger partial charge in [0, 0.05) is 5.02 Å². The zero-order valence-corrected chi connectivity index (χ0v) is 12.3. The van der Waals surface area contributed by atoms with Crippen molar-refractivity contribution in [3.8, 4) is 0 Å². The number of hydrogen-bond acceptors (Lipinski definition) is 4. The number of rotatable bonds is 3. The molecule has 0 unspecified atom stereocenters. The van der Waals surface area contributed by atoms with Gasteiger partial charge in [-0.05, 0) is 18.6 Å². The van der Waals surface area contributed by atoms with E-state index in [1.54, 1.807) is 18.2 Å². The van der Waals surface area contributed by atoms with Gasteiger partial charge in [-0.15, -0.1) is 0 Å². The van der Waals surface area contributed by atoms with Gasteiger partial charge in [-0.1, -0.05) is 29.8 Å². The number of hydrogen-bond donors (Lipinski definition) is 1. The lowest BCUT2D eigenvalue weighted by Crippen LogP contribution is -2.22. The number of carboxylic acids is 1. The molecule has 1 N–H and O–H groups in total. The molecule has 0 radical (unpaired) electrons. The second-order valence-corrected chi connectivity index (χ2v) is 5.19. The van der Waals surface area contributed by atoms with E-state index in [1.807, 2.05) is 6.07 Å². The molecule has 0 fully saturated rings. The highest BCUT2D eigenvalue weighted by atomic mass is 35.5. The second-order valence-electron chi connectivity index (χ2n) is 4.79. The zero-order chi connectivity index (χ0) is 15.9. The Morgan fingerprint density at radius 1 is 1.41 bits per heavy atom. The minimum Gasteiger partial charge on any atom is -0.478 e. The SMILES string of the molecule is Cc1oc2ncn(Cc3ccccc3Cl)c(=O)c2c1C(=O)O. The van der Waals surface area contributed by atoms with Crippen LogP contribution in [0.3, 0.4) is 0 Å². The van der Waals surface area contributed by atoms with Crippen LogP contribution in [0, 0.1) is 6.92 Å². The molecule has 0 spiro atoms. The van der Waals surface area contributed by atoms with E-state index in [0.717, 1.165) is 5.56 Å². The van der Waals surface area contributed by atoms with E-state index in [2.05, 4.69) is 4.98 Å². The van der Waals surface area contributed by atoms with Crippen molar-refractivity contribution >= 4 is 28.7 Å². The summed E-state index contributed by atoms with van der Waals surface area (Å²) in [5.41, 5.74) is 0.139. The Morgan fingerprint density at radius 2 is 2.14 bits per heavy atom. The highest BCUT2D eigenvalue weighted by Gasteiger charge is 2.22. The van der Waals surface area contributed by atoms with Crippen molar-refractivity contribution in [1.82, 2.24) is 9.55 Å². The number of halogens is 1. The van der Waals surface area contributed by atoms with Crippen molar-refractivity contribution in [2.75, 3.05) is 0 Å². The van der Waals surface area contributed by atoms with Gasteiger partial charge in [0.1, 0.15) is 23.0 Å². The maximum absolute atomic E-state index is 12.5. The van der Waals surface area contributed by atoms with Gasteiger partial charge in [0.25, 0.3) is 5.56 Å². The third-order valence-electron chi connectivity index (χ3n) is 3.37. The molecule has 0 bridgehead atoms. The minimum atomic E-state index is -1.22. The van der Waals surface area contributed by atoms with E-state index >= 15 is 0 Å². The number of fused-ring (bicyclic) bond motifs is 1. The van der Waals surface area contributed by atoms with E-state index in [-0.39, 0.29) is 29.0 Å². The summed E-state index contributed by atoms with van der Waals surface area (Å²) in [7, 11) is 0. The molecule has 2 heterocycles. The standard InChI is InChI=1S/C15H11ClN2O4/c1-8-11(15(20)21)12-13(22-8)17-7-18(14(12)19)6-9-4-2-3-5-10(9)16/h2-5,7H,6H2,1H3,(H,20,21). The highest BCUT2D eigenvalue weighted by molar-refractivity contribution is 6.31. The smallest absolute Gasteiger partial charge is 0.340 e. The molecule has 2 aromatic heterocycles. The monoisotopic (exact) mass is 318 g/mol. The Morgan fingerprint density at radius 3 is 2.82 bits per heavy atom. The first kappa shape index (κ1) is 14.3. The number of aromatic nitrogens is 2. The van der Waals surface area contributed by atoms with Crippen LogP contribution in [0.15, 0.2) is 39.8 Å².